The first-order chi connectivity index (χ1) is 19.0. The van der Waals surface area contributed by atoms with Crippen molar-refractivity contribution < 1.29 is 18.0 Å². The Morgan fingerprint density at radius 1 is 0.900 bits per heavy atom. The van der Waals surface area contributed by atoms with E-state index in [9.17, 15) is 18.0 Å². The fourth-order valence-corrected chi connectivity index (χ4v) is 5.56. The van der Waals surface area contributed by atoms with Gasteiger partial charge >= 0.3 is 0 Å². The second-order valence-corrected chi connectivity index (χ2v) is 12.3. The molecule has 0 aromatic heterocycles. The Labute approximate surface area is 239 Å². The molecule has 8 heteroatoms. The lowest BCUT2D eigenvalue weighted by molar-refractivity contribution is -0.140. The quantitative estimate of drug-likeness (QED) is 0.315. The third-order valence-corrected chi connectivity index (χ3v) is 8.06. The molecule has 3 aromatic carbocycles. The number of para-hydroxylation sites is 1. The molecule has 0 aliphatic rings. The fraction of sp³-hybridized carbons (Fsp3) is 0.375. The molecule has 1 N–H and O–H groups in total. The van der Waals surface area contributed by atoms with Gasteiger partial charge in [0.1, 0.15) is 12.6 Å². The molecule has 0 radical (unpaired) electrons. The molecule has 0 spiro atoms. The van der Waals surface area contributed by atoms with Gasteiger partial charge in [-0.15, -0.1) is 0 Å². The van der Waals surface area contributed by atoms with Crippen molar-refractivity contribution in [3.63, 3.8) is 0 Å². The monoisotopic (exact) mass is 563 g/mol. The van der Waals surface area contributed by atoms with Gasteiger partial charge in [0.25, 0.3) is 0 Å². The van der Waals surface area contributed by atoms with Crippen LogP contribution < -0.4 is 9.62 Å². The van der Waals surface area contributed by atoms with Crippen LogP contribution in [0.4, 0.5) is 5.69 Å². The summed E-state index contributed by atoms with van der Waals surface area (Å²) in [4.78, 5) is 29.3. The normalized spacial score (nSPS) is 12.2. The molecule has 0 aliphatic heterocycles. The lowest BCUT2D eigenvalue weighted by atomic mass is 10.0. The van der Waals surface area contributed by atoms with Crippen molar-refractivity contribution >= 4 is 27.5 Å². The van der Waals surface area contributed by atoms with Gasteiger partial charge < -0.3 is 10.2 Å². The van der Waals surface area contributed by atoms with Crippen molar-refractivity contribution in [1.29, 1.82) is 0 Å². The van der Waals surface area contributed by atoms with E-state index in [1.54, 1.807) is 12.1 Å². The van der Waals surface area contributed by atoms with Gasteiger partial charge in [0, 0.05) is 19.5 Å². The van der Waals surface area contributed by atoms with E-state index >= 15 is 0 Å². The predicted octanol–water partition coefficient (Wildman–Crippen LogP) is 5.05. The molecule has 0 fully saturated rings. The number of benzene rings is 3. The molecule has 0 saturated heterocycles. The Kier molecular flexibility index (Phi) is 10.9. The number of nitrogens with zero attached hydrogens (tertiary/aromatic N) is 2. The van der Waals surface area contributed by atoms with Crippen molar-refractivity contribution in [2.24, 2.45) is 0 Å². The molecule has 0 bridgehead atoms. The smallest absolute Gasteiger partial charge is 0.244 e. The van der Waals surface area contributed by atoms with Crippen LogP contribution in [0.1, 0.15) is 55.4 Å². The van der Waals surface area contributed by atoms with Crippen LogP contribution in [-0.4, -0.2) is 50.5 Å². The molecule has 7 nitrogen and oxygen atoms in total. The first-order valence-electron chi connectivity index (χ1n) is 13.7. The number of carbonyl (C=O) groups is 2. The number of amides is 2. The summed E-state index contributed by atoms with van der Waals surface area (Å²) < 4.78 is 27.3. The van der Waals surface area contributed by atoms with Crippen LogP contribution in [0.3, 0.4) is 0 Å². The molecular formula is C32H41N3O4S. The van der Waals surface area contributed by atoms with E-state index in [4.69, 9.17) is 0 Å². The number of nitrogens with one attached hydrogen (secondary N) is 1. The number of hydrogen-bond acceptors (Lipinski definition) is 4. The average molecular weight is 564 g/mol. The van der Waals surface area contributed by atoms with Crippen molar-refractivity contribution in [2.75, 3.05) is 23.7 Å². The van der Waals surface area contributed by atoms with Crippen LogP contribution in [0.2, 0.25) is 0 Å². The SMILES string of the molecule is CCCNC(=O)C(Cc1ccccc1)N(Cc1ccccc1C)C(=O)CN(c1ccccc1C(C)C)S(C)(=O)=O. The Morgan fingerprint density at radius 3 is 2.15 bits per heavy atom. The van der Waals surface area contributed by atoms with Crippen LogP contribution in [0.15, 0.2) is 78.9 Å². The number of carbonyl (C=O) groups excluding carboxylic acids is 2. The second kappa shape index (κ2) is 14.1. The van der Waals surface area contributed by atoms with E-state index in [1.807, 2.05) is 94.4 Å². The van der Waals surface area contributed by atoms with Gasteiger partial charge in [-0.05, 0) is 47.6 Å². The highest BCUT2D eigenvalue weighted by Crippen LogP contribution is 2.29. The largest absolute Gasteiger partial charge is 0.354 e. The number of rotatable bonds is 13. The zero-order chi connectivity index (χ0) is 29.3. The maximum absolute atomic E-state index is 14.2. The van der Waals surface area contributed by atoms with Crippen LogP contribution in [-0.2, 0) is 32.6 Å². The number of anilines is 1. The van der Waals surface area contributed by atoms with E-state index in [1.165, 1.54) is 9.21 Å². The summed E-state index contributed by atoms with van der Waals surface area (Å²) in [6.07, 6.45) is 2.16. The topological polar surface area (TPSA) is 86.8 Å². The standard InChI is InChI=1S/C32H41N3O4S/c1-6-20-33-32(37)30(21-26-15-8-7-9-16-26)34(22-27-17-11-10-14-25(27)4)31(36)23-35(40(5,38)39)29-19-13-12-18-28(29)24(2)3/h7-19,24,30H,6,20-23H2,1-5H3,(H,33,37). The molecule has 40 heavy (non-hydrogen) atoms. The molecule has 214 valence electrons. The van der Waals surface area contributed by atoms with Gasteiger partial charge in [0.05, 0.1) is 11.9 Å². The van der Waals surface area contributed by atoms with Gasteiger partial charge in [-0.1, -0.05) is 93.6 Å². The minimum absolute atomic E-state index is 0.0456. The van der Waals surface area contributed by atoms with E-state index in [0.717, 1.165) is 34.9 Å². The minimum Gasteiger partial charge on any atom is -0.354 e. The van der Waals surface area contributed by atoms with E-state index in [2.05, 4.69) is 5.32 Å². The van der Waals surface area contributed by atoms with E-state index < -0.39 is 28.5 Å². The third kappa shape index (κ3) is 8.18. The van der Waals surface area contributed by atoms with Crippen molar-refractivity contribution in [3.8, 4) is 0 Å². The average Bonchev–Trinajstić information content (AvgIpc) is 2.93. The first-order valence-corrected chi connectivity index (χ1v) is 15.6. The highest BCUT2D eigenvalue weighted by atomic mass is 32.2. The molecule has 1 atom stereocenters. The summed E-state index contributed by atoms with van der Waals surface area (Å²) in [5, 5.41) is 2.96. The highest BCUT2D eigenvalue weighted by Gasteiger charge is 2.33. The van der Waals surface area contributed by atoms with Crippen molar-refractivity contribution in [2.45, 2.75) is 59.0 Å². The zero-order valence-corrected chi connectivity index (χ0v) is 24.9. The minimum atomic E-state index is -3.82. The van der Waals surface area contributed by atoms with Crippen molar-refractivity contribution in [1.82, 2.24) is 10.2 Å². The Morgan fingerprint density at radius 2 is 1.52 bits per heavy atom. The summed E-state index contributed by atoms with van der Waals surface area (Å²) in [6, 6.07) is 23.7. The molecule has 0 aliphatic carbocycles. The van der Waals surface area contributed by atoms with Gasteiger partial charge in [0.15, 0.2) is 0 Å². The predicted molar refractivity (Wildman–Crippen MR) is 162 cm³/mol. The first kappa shape index (κ1) is 30.9. The molecule has 0 saturated carbocycles. The molecule has 2 amide bonds. The molecule has 1 unspecified atom stereocenters. The van der Waals surface area contributed by atoms with E-state index in [0.29, 0.717) is 18.7 Å². The lowest BCUT2D eigenvalue weighted by Gasteiger charge is -2.34. The number of aryl methyl sites for hydroxylation is 1. The number of sulfonamides is 1. The van der Waals surface area contributed by atoms with Gasteiger partial charge in [-0.3, -0.25) is 13.9 Å². The summed E-state index contributed by atoms with van der Waals surface area (Å²) in [7, 11) is -3.82. The van der Waals surface area contributed by atoms with Gasteiger partial charge in [0.2, 0.25) is 21.8 Å². The lowest BCUT2D eigenvalue weighted by Crippen LogP contribution is -2.53. The Bertz CT molecular complexity index is 1390. The van der Waals surface area contributed by atoms with Gasteiger partial charge in [-0.2, -0.15) is 0 Å². The maximum atomic E-state index is 14.2. The Hall–Kier alpha value is -3.65. The van der Waals surface area contributed by atoms with Crippen LogP contribution in [0.25, 0.3) is 0 Å². The van der Waals surface area contributed by atoms with E-state index in [-0.39, 0.29) is 18.4 Å². The summed E-state index contributed by atoms with van der Waals surface area (Å²) in [5.74, 6) is -0.662. The summed E-state index contributed by atoms with van der Waals surface area (Å²) >= 11 is 0. The van der Waals surface area contributed by atoms with Crippen LogP contribution in [0, 0.1) is 6.92 Å². The third-order valence-electron chi connectivity index (χ3n) is 6.93. The molecular weight excluding hydrogens is 522 g/mol. The van der Waals surface area contributed by atoms with Crippen LogP contribution in [0.5, 0.6) is 0 Å². The van der Waals surface area contributed by atoms with Crippen LogP contribution >= 0.6 is 0 Å². The maximum Gasteiger partial charge on any atom is 0.244 e. The fourth-order valence-electron chi connectivity index (χ4n) is 4.69. The second-order valence-electron chi connectivity index (χ2n) is 10.4. The molecule has 3 rings (SSSR count). The summed E-state index contributed by atoms with van der Waals surface area (Å²) in [6.45, 7) is 8.14. The summed E-state index contributed by atoms with van der Waals surface area (Å²) in [5.41, 5.74) is 4.09. The Balaban J connectivity index is 2.09. The van der Waals surface area contributed by atoms with Gasteiger partial charge in [-0.25, -0.2) is 8.42 Å². The van der Waals surface area contributed by atoms with Crippen molar-refractivity contribution in [3.05, 3.63) is 101 Å². The molecule has 0 heterocycles. The zero-order valence-electron chi connectivity index (χ0n) is 24.1. The molecule has 3 aromatic rings. The number of hydrogen-bond donors (Lipinski definition) is 1. The highest BCUT2D eigenvalue weighted by molar-refractivity contribution is 7.92.